The van der Waals surface area contributed by atoms with Crippen molar-refractivity contribution in [1.29, 1.82) is 0 Å². The number of ether oxygens (including phenoxy) is 3. The van der Waals surface area contributed by atoms with Crippen LogP contribution < -0.4 is 69.6 Å². The SMILES string of the molecule is NCCO[C@@H]1O[C@H](COS(=O)(=O)[O-])[C@@H](OCc2ccccc2)[C@H](O)[C@H]1NS(=O)(=O)[O-].[Na+].[Na+]. The van der Waals surface area contributed by atoms with E-state index in [0.29, 0.717) is 5.56 Å². The van der Waals surface area contributed by atoms with Crippen LogP contribution in [0.15, 0.2) is 30.3 Å². The second-order valence-electron chi connectivity index (χ2n) is 6.24. The smallest absolute Gasteiger partial charge is 0.735 e. The zero-order valence-corrected chi connectivity index (χ0v) is 23.2. The summed E-state index contributed by atoms with van der Waals surface area (Å²) in [5, 5.41) is 10.7. The monoisotopic (exact) mass is 516 g/mol. The van der Waals surface area contributed by atoms with Gasteiger partial charge < -0.3 is 34.2 Å². The van der Waals surface area contributed by atoms with Gasteiger partial charge in [-0.1, -0.05) is 30.3 Å². The van der Waals surface area contributed by atoms with E-state index in [4.69, 9.17) is 19.9 Å². The minimum absolute atomic E-state index is 0. The Bertz CT molecular complexity index is 875. The average molecular weight is 516 g/mol. The largest absolute Gasteiger partial charge is 1.00 e. The molecule has 0 aliphatic carbocycles. The van der Waals surface area contributed by atoms with Gasteiger partial charge in [-0.05, 0) is 5.56 Å². The standard InChI is InChI=1S/C15H24N2O11S2.2Na/c16-6-7-25-15-12(17-29(19,20)21)13(18)14(11(28-15)9-27-30(22,23)24)26-8-10-4-2-1-3-5-10;;/h1-5,11-15,17-18H,6-9,16H2,(H,19,20,21)(H,22,23,24);;/q;2*+1/p-2/t11-,12-,13-,14-,15-;;/m1../s1. The van der Waals surface area contributed by atoms with Crippen LogP contribution in [0.25, 0.3) is 0 Å². The number of aliphatic hydroxyl groups excluding tert-OH is 1. The number of benzene rings is 1. The number of nitrogens with two attached hydrogens (primary N) is 1. The summed E-state index contributed by atoms with van der Waals surface area (Å²) < 4.78 is 88.2. The molecular weight excluding hydrogens is 494 g/mol. The Morgan fingerprint density at radius 2 is 1.72 bits per heavy atom. The van der Waals surface area contributed by atoms with Gasteiger partial charge in [0.15, 0.2) is 16.6 Å². The van der Waals surface area contributed by atoms with E-state index in [1.54, 1.807) is 35.1 Å². The molecule has 0 unspecified atom stereocenters. The summed E-state index contributed by atoms with van der Waals surface area (Å²) >= 11 is 0. The van der Waals surface area contributed by atoms with E-state index in [2.05, 4.69) is 4.18 Å². The molecule has 0 saturated carbocycles. The molecular formula is C15H22N2Na2O11S2. The summed E-state index contributed by atoms with van der Waals surface area (Å²) in [7, 11) is -10.1. The van der Waals surface area contributed by atoms with Crippen LogP contribution in [-0.2, 0) is 45.7 Å². The third-order valence-corrected chi connectivity index (χ3v) is 5.00. The van der Waals surface area contributed by atoms with Crippen LogP contribution in [0.5, 0.6) is 0 Å². The molecule has 0 aromatic heterocycles. The van der Waals surface area contributed by atoms with Crippen LogP contribution in [0.2, 0.25) is 0 Å². The van der Waals surface area contributed by atoms with Crippen molar-refractivity contribution in [3.8, 4) is 0 Å². The van der Waals surface area contributed by atoms with Gasteiger partial charge in [0.2, 0.25) is 10.4 Å². The van der Waals surface area contributed by atoms with E-state index in [0.717, 1.165) is 0 Å². The maximum atomic E-state index is 11.2. The number of hydrogen-bond acceptors (Lipinski definition) is 12. The maximum absolute atomic E-state index is 11.2. The van der Waals surface area contributed by atoms with Crippen molar-refractivity contribution in [2.24, 2.45) is 5.73 Å². The topological polar surface area (TPSA) is 210 Å². The maximum Gasteiger partial charge on any atom is 1.00 e. The molecule has 32 heavy (non-hydrogen) atoms. The number of rotatable bonds is 11. The normalized spacial score (nSPS) is 26.1. The predicted octanol–water partition coefficient (Wildman–Crippen LogP) is -8.46. The van der Waals surface area contributed by atoms with Gasteiger partial charge in [-0.2, -0.15) is 0 Å². The molecule has 172 valence electrons. The average Bonchev–Trinajstić information content (AvgIpc) is 2.65. The van der Waals surface area contributed by atoms with Crippen LogP contribution in [0.3, 0.4) is 0 Å². The van der Waals surface area contributed by atoms with Crippen LogP contribution in [0, 0.1) is 0 Å². The Labute approximate surface area is 230 Å². The Kier molecular flexibility index (Phi) is 15.4. The molecule has 1 fully saturated rings. The molecule has 17 heteroatoms. The van der Waals surface area contributed by atoms with Crippen LogP contribution >= 0.6 is 0 Å². The van der Waals surface area contributed by atoms with Gasteiger partial charge in [0.25, 0.3) is 0 Å². The van der Waals surface area contributed by atoms with Gasteiger partial charge in [-0.15, -0.1) is 0 Å². The first-order valence-corrected chi connectivity index (χ1v) is 11.4. The zero-order valence-electron chi connectivity index (χ0n) is 17.5. The third-order valence-electron chi connectivity index (χ3n) is 4.02. The van der Waals surface area contributed by atoms with Crippen LogP contribution in [0.4, 0.5) is 0 Å². The molecule has 13 nitrogen and oxygen atoms in total. The van der Waals surface area contributed by atoms with E-state index in [1.807, 2.05) is 0 Å². The van der Waals surface area contributed by atoms with Gasteiger partial charge in [0.05, 0.1) is 19.8 Å². The molecule has 0 spiro atoms. The van der Waals surface area contributed by atoms with Crippen molar-refractivity contribution < 1.29 is 109 Å². The molecule has 0 amide bonds. The fourth-order valence-electron chi connectivity index (χ4n) is 2.80. The molecule has 1 saturated heterocycles. The van der Waals surface area contributed by atoms with Gasteiger partial charge in [0.1, 0.15) is 24.4 Å². The van der Waals surface area contributed by atoms with Crippen molar-refractivity contribution >= 4 is 20.7 Å². The molecule has 1 aliphatic rings. The molecule has 5 atom stereocenters. The van der Waals surface area contributed by atoms with Crippen molar-refractivity contribution in [2.75, 3.05) is 19.8 Å². The molecule has 2 rings (SSSR count). The number of hydrogen-bond donors (Lipinski definition) is 3. The van der Waals surface area contributed by atoms with E-state index in [1.165, 1.54) is 0 Å². The molecule has 0 bridgehead atoms. The molecule has 1 aromatic rings. The molecule has 1 aliphatic heterocycles. The molecule has 0 radical (unpaired) electrons. The molecule has 1 aromatic carbocycles. The number of nitrogens with one attached hydrogen (secondary N) is 1. The first-order valence-electron chi connectivity index (χ1n) is 8.64. The van der Waals surface area contributed by atoms with E-state index >= 15 is 0 Å². The van der Waals surface area contributed by atoms with E-state index in [-0.39, 0.29) is 78.9 Å². The second kappa shape index (κ2) is 15.0. The summed E-state index contributed by atoms with van der Waals surface area (Å²) in [5.41, 5.74) is 6.00. The Morgan fingerprint density at radius 3 is 2.25 bits per heavy atom. The summed E-state index contributed by atoms with van der Waals surface area (Å²) in [6.07, 6.45) is -6.00. The minimum atomic E-state index is -5.10. The Balaban J connectivity index is 0.00000480. The van der Waals surface area contributed by atoms with Crippen LogP contribution in [0.1, 0.15) is 5.56 Å². The summed E-state index contributed by atoms with van der Waals surface area (Å²) in [5.74, 6) is 0. The van der Waals surface area contributed by atoms with Gasteiger partial charge in [-0.3, -0.25) is 4.18 Å². The summed E-state index contributed by atoms with van der Waals surface area (Å²) in [4.78, 5) is 0. The Hall–Kier alpha value is 0.760. The van der Waals surface area contributed by atoms with Crippen LogP contribution in [-0.4, -0.2) is 81.4 Å². The first kappa shape index (κ1) is 32.8. The number of aliphatic hydroxyl groups is 1. The van der Waals surface area contributed by atoms with E-state index < -0.39 is 58.0 Å². The minimum Gasteiger partial charge on any atom is -0.735 e. The second-order valence-corrected chi connectivity index (χ2v) is 8.44. The molecule has 1 heterocycles. The Morgan fingerprint density at radius 1 is 1.09 bits per heavy atom. The van der Waals surface area contributed by atoms with Gasteiger partial charge in [-0.25, -0.2) is 21.6 Å². The quantitative estimate of drug-likeness (QED) is 0.142. The van der Waals surface area contributed by atoms with Crippen molar-refractivity contribution in [2.45, 2.75) is 37.3 Å². The predicted molar refractivity (Wildman–Crippen MR) is 97.0 cm³/mol. The van der Waals surface area contributed by atoms with Crippen molar-refractivity contribution in [3.63, 3.8) is 0 Å². The summed E-state index contributed by atoms with van der Waals surface area (Å²) in [6, 6.07) is 7.02. The van der Waals surface area contributed by atoms with Gasteiger partial charge in [0, 0.05) is 6.54 Å². The van der Waals surface area contributed by atoms with Crippen molar-refractivity contribution in [3.05, 3.63) is 35.9 Å². The zero-order chi connectivity index (χ0) is 22.4. The van der Waals surface area contributed by atoms with Crippen molar-refractivity contribution in [1.82, 2.24) is 4.72 Å². The van der Waals surface area contributed by atoms with E-state index in [9.17, 15) is 31.0 Å². The fourth-order valence-corrected chi connectivity index (χ4v) is 3.68. The molecule has 4 N–H and O–H groups in total. The first-order chi connectivity index (χ1) is 14.0. The summed E-state index contributed by atoms with van der Waals surface area (Å²) in [6.45, 7) is -1.08. The van der Waals surface area contributed by atoms with Gasteiger partial charge >= 0.3 is 59.1 Å². The fraction of sp³-hybridized carbons (Fsp3) is 0.600. The third kappa shape index (κ3) is 11.5.